The number of halogens is 3. The molecule has 15 nitrogen and oxygen atoms in total. The number of piperidine rings is 1. The van der Waals surface area contributed by atoms with Gasteiger partial charge in [-0.3, -0.25) is 9.52 Å². The summed E-state index contributed by atoms with van der Waals surface area (Å²) in [5.41, 5.74) is 0.213. The third-order valence-electron chi connectivity index (χ3n) is 9.46. The topological polar surface area (TPSA) is 184 Å². The van der Waals surface area contributed by atoms with Crippen LogP contribution in [0.1, 0.15) is 28.2 Å². The highest BCUT2D eigenvalue weighted by molar-refractivity contribution is 7.92. The van der Waals surface area contributed by atoms with Gasteiger partial charge in [-0.2, -0.15) is 17.0 Å². The van der Waals surface area contributed by atoms with Crippen LogP contribution in [0, 0.1) is 17.5 Å². The quantitative estimate of drug-likeness (QED) is 0.154. The normalized spacial score (nSPS) is 15.9. The summed E-state index contributed by atoms with van der Waals surface area (Å²) in [6.45, 7) is 1.20. The number of ether oxygens (including phenoxy) is 1. The van der Waals surface area contributed by atoms with Gasteiger partial charge in [-0.15, -0.1) is 11.3 Å². The van der Waals surface area contributed by atoms with E-state index >= 15 is 4.39 Å². The highest BCUT2D eigenvalue weighted by Gasteiger charge is 2.36. The minimum absolute atomic E-state index is 0.0325. The number of aromatic nitrogens is 3. The number of benzene rings is 3. The maximum absolute atomic E-state index is 16.0. The molecule has 2 aliphatic heterocycles. The number of anilines is 2. The van der Waals surface area contributed by atoms with E-state index in [1.807, 2.05) is 35.1 Å². The second-order valence-corrected chi connectivity index (χ2v) is 17.8. The second-order valence-electron chi connectivity index (χ2n) is 13.2. The number of nitrogens with zero attached hydrogens (tertiary/aromatic N) is 6. The molecule has 0 spiro atoms. The summed E-state index contributed by atoms with van der Waals surface area (Å²) in [5, 5.41) is 3.19. The summed E-state index contributed by atoms with van der Waals surface area (Å²) in [7, 11) is -8.71. The second kappa shape index (κ2) is 17.2. The Bertz CT molecular complexity index is 2510. The predicted molar refractivity (Wildman–Crippen MR) is 208 cm³/mol. The molecule has 1 amide bonds. The molecule has 2 aliphatic rings. The number of carbonyl (C=O) groups excluding carboxylic acids is 2. The summed E-state index contributed by atoms with van der Waals surface area (Å²) in [4.78, 5) is 38.0. The number of hydrogen-bond acceptors (Lipinski definition) is 12. The first-order valence-corrected chi connectivity index (χ1v) is 21.6. The number of aldehydes is 1. The predicted octanol–water partition coefficient (Wildman–Crippen LogP) is 5.37. The largest absolute Gasteiger partial charge is 0.445 e. The van der Waals surface area contributed by atoms with Gasteiger partial charge in [-0.25, -0.2) is 41.3 Å². The van der Waals surface area contributed by atoms with Gasteiger partial charge in [0, 0.05) is 57.1 Å². The Morgan fingerprint density at radius 2 is 1.52 bits per heavy atom. The summed E-state index contributed by atoms with van der Waals surface area (Å²) in [5.74, 6) is -3.67. The van der Waals surface area contributed by atoms with Crippen molar-refractivity contribution in [3.8, 4) is 21.8 Å². The van der Waals surface area contributed by atoms with Crippen molar-refractivity contribution in [1.29, 1.82) is 0 Å². The molecule has 0 unspecified atom stereocenters. The minimum atomic E-state index is -4.91. The lowest BCUT2D eigenvalue weighted by molar-refractivity contribution is 0.0828. The number of piperazine rings is 1. The van der Waals surface area contributed by atoms with Gasteiger partial charge in [-0.05, 0) is 48.7 Å². The Kier molecular flexibility index (Phi) is 12.0. The van der Waals surface area contributed by atoms with Crippen LogP contribution in [0.15, 0.2) is 83.9 Å². The van der Waals surface area contributed by atoms with E-state index in [0.717, 1.165) is 41.2 Å². The first kappa shape index (κ1) is 40.7. The Labute approximate surface area is 335 Å². The third kappa shape index (κ3) is 8.82. The molecule has 4 heterocycles. The van der Waals surface area contributed by atoms with Gasteiger partial charge in [-0.1, -0.05) is 42.5 Å². The maximum Gasteiger partial charge on any atom is 0.410 e. The van der Waals surface area contributed by atoms with Crippen LogP contribution in [-0.4, -0.2) is 103 Å². The monoisotopic (exact) mass is 856 g/mol. The van der Waals surface area contributed by atoms with Crippen LogP contribution in [0.5, 0.6) is 0 Å². The van der Waals surface area contributed by atoms with Crippen molar-refractivity contribution in [3.05, 3.63) is 107 Å². The van der Waals surface area contributed by atoms with E-state index < -0.39 is 54.4 Å². The zero-order valence-electron chi connectivity index (χ0n) is 30.4. The Balaban J connectivity index is 0.991. The molecule has 0 radical (unpaired) electrons. The van der Waals surface area contributed by atoms with Crippen molar-refractivity contribution in [2.45, 2.75) is 30.4 Å². The fourth-order valence-corrected chi connectivity index (χ4v) is 10.2. The first-order chi connectivity index (χ1) is 27.8. The molecule has 2 N–H and O–H groups in total. The van der Waals surface area contributed by atoms with Crippen LogP contribution in [0.3, 0.4) is 0 Å². The van der Waals surface area contributed by atoms with Crippen molar-refractivity contribution in [2.75, 3.05) is 49.3 Å². The zero-order valence-corrected chi connectivity index (χ0v) is 32.9. The molecule has 58 heavy (non-hydrogen) atoms. The molecular formula is C37H35F3N8O7S3. The molecule has 0 saturated carbocycles. The molecule has 0 bridgehead atoms. The first-order valence-electron chi connectivity index (χ1n) is 17.9. The Hall–Kier alpha value is -5.48. The van der Waals surface area contributed by atoms with Gasteiger partial charge in [0.15, 0.2) is 22.0 Å². The van der Waals surface area contributed by atoms with Gasteiger partial charge < -0.3 is 15.0 Å². The Morgan fingerprint density at radius 1 is 0.845 bits per heavy atom. The fourth-order valence-electron chi connectivity index (χ4n) is 6.52. The lowest BCUT2D eigenvalue weighted by Gasteiger charge is -2.38. The molecule has 0 aliphatic carbocycles. The summed E-state index contributed by atoms with van der Waals surface area (Å²) >= 11 is 0.902. The van der Waals surface area contributed by atoms with Gasteiger partial charge >= 0.3 is 6.09 Å². The van der Waals surface area contributed by atoms with Crippen LogP contribution in [-0.2, 0) is 31.6 Å². The summed E-state index contributed by atoms with van der Waals surface area (Å²) in [6, 6.07) is 16.7. The average Bonchev–Trinajstić information content (AvgIpc) is 3.66. The van der Waals surface area contributed by atoms with Crippen molar-refractivity contribution in [2.24, 2.45) is 0 Å². The molecular weight excluding hydrogens is 822 g/mol. The van der Waals surface area contributed by atoms with E-state index in [-0.39, 0.29) is 84.7 Å². The fraction of sp³-hybridized carbons (Fsp3) is 0.270. The van der Waals surface area contributed by atoms with Crippen molar-refractivity contribution in [1.82, 2.24) is 28.5 Å². The van der Waals surface area contributed by atoms with Crippen LogP contribution in [0.2, 0.25) is 0 Å². The summed E-state index contributed by atoms with van der Waals surface area (Å²) < 4.78 is 108. The number of nitrogens with one attached hydrogen (secondary N) is 2. The van der Waals surface area contributed by atoms with Crippen molar-refractivity contribution in [3.63, 3.8) is 0 Å². The molecule has 0 atom stereocenters. The SMILES string of the molecule is O=Cc1nc(-c2cccc(NS(=O)(=O)c3c(F)cccc3F)c2F)c(-c2ccnc(NC3CCN(S(=O)(=O)N4CCN(C(=O)OCc5ccccc5)CC4)CC3)n2)s1. The molecule has 21 heteroatoms. The molecule has 304 valence electrons. The Morgan fingerprint density at radius 3 is 2.21 bits per heavy atom. The van der Waals surface area contributed by atoms with E-state index in [1.54, 1.807) is 0 Å². The number of sulfonamides is 1. The minimum Gasteiger partial charge on any atom is -0.445 e. The lowest BCUT2D eigenvalue weighted by atomic mass is 10.1. The van der Waals surface area contributed by atoms with E-state index in [1.165, 1.54) is 37.9 Å². The summed E-state index contributed by atoms with van der Waals surface area (Å²) in [6.07, 6.45) is 2.24. The number of amides is 1. The highest BCUT2D eigenvalue weighted by atomic mass is 32.2. The van der Waals surface area contributed by atoms with Crippen LogP contribution in [0.25, 0.3) is 21.8 Å². The standard InChI is InChI=1S/C37H35F3N8O7S3/c38-27-9-5-10-28(39)35(27)57(51,52)45-29-11-4-8-26(32(29)40)33-34(56-31(22-49)44-33)30-12-15-41-36(43-30)42-25-13-16-47(17-14-25)58(53,54)48-20-18-46(19-21-48)37(50)55-23-24-6-2-1-3-7-24/h1-12,15,22,25,45H,13-14,16-21,23H2,(H,41,42,43). The smallest absolute Gasteiger partial charge is 0.410 e. The van der Waals surface area contributed by atoms with Crippen molar-refractivity contribution >= 4 is 55.6 Å². The average molecular weight is 857 g/mol. The third-order valence-corrected chi connectivity index (χ3v) is 13.9. The number of hydrogen-bond donors (Lipinski definition) is 2. The molecule has 3 aromatic carbocycles. The van der Waals surface area contributed by atoms with Gasteiger partial charge in [0.1, 0.15) is 18.2 Å². The number of thiazole rings is 1. The van der Waals surface area contributed by atoms with Gasteiger partial charge in [0.05, 0.1) is 22.0 Å². The van der Waals surface area contributed by atoms with Gasteiger partial charge in [0.25, 0.3) is 20.2 Å². The van der Waals surface area contributed by atoms with E-state index in [4.69, 9.17) is 4.74 Å². The van der Waals surface area contributed by atoms with Crippen molar-refractivity contribution < 1.29 is 44.3 Å². The number of carbonyl (C=O) groups is 2. The highest BCUT2D eigenvalue weighted by Crippen LogP contribution is 2.39. The van der Waals surface area contributed by atoms with E-state index in [0.29, 0.717) is 19.1 Å². The lowest BCUT2D eigenvalue weighted by Crippen LogP contribution is -2.55. The molecule has 7 rings (SSSR count). The van der Waals surface area contributed by atoms with E-state index in [9.17, 15) is 35.2 Å². The van der Waals surface area contributed by atoms with Crippen LogP contribution >= 0.6 is 11.3 Å². The van der Waals surface area contributed by atoms with Crippen LogP contribution in [0.4, 0.5) is 29.6 Å². The van der Waals surface area contributed by atoms with Crippen LogP contribution < -0.4 is 10.0 Å². The maximum atomic E-state index is 16.0. The van der Waals surface area contributed by atoms with E-state index in [2.05, 4.69) is 20.3 Å². The molecule has 2 saturated heterocycles. The molecule has 2 fully saturated rings. The zero-order chi connectivity index (χ0) is 41.0. The molecule has 5 aromatic rings. The number of rotatable bonds is 12. The van der Waals surface area contributed by atoms with Gasteiger partial charge in [0.2, 0.25) is 5.95 Å². The molecule has 2 aromatic heterocycles.